The zero-order valence-corrected chi connectivity index (χ0v) is 22.6. The third kappa shape index (κ3) is 5.65. The molecule has 5 aromatic rings. The quantitative estimate of drug-likeness (QED) is 0.231. The summed E-state index contributed by atoms with van der Waals surface area (Å²) >= 11 is 0. The predicted octanol–water partition coefficient (Wildman–Crippen LogP) is 6.22. The van der Waals surface area contributed by atoms with Gasteiger partial charge in [-0.15, -0.1) is 0 Å². The summed E-state index contributed by atoms with van der Waals surface area (Å²) in [6.45, 7) is 0.747. The number of hydrogen-bond acceptors (Lipinski definition) is 6. The van der Waals surface area contributed by atoms with Crippen molar-refractivity contribution in [2.24, 2.45) is 0 Å². The fourth-order valence-corrected chi connectivity index (χ4v) is 5.15. The van der Waals surface area contributed by atoms with Crippen LogP contribution in [-0.4, -0.2) is 38.8 Å². The molecule has 1 atom stereocenters. The molecular formula is C32H23F3N4O4. The molecule has 0 bridgehead atoms. The molecule has 1 aliphatic rings. The summed E-state index contributed by atoms with van der Waals surface area (Å²) in [5.74, 6) is -2.51. The molecule has 8 nitrogen and oxygen atoms in total. The van der Waals surface area contributed by atoms with Crippen molar-refractivity contribution in [2.75, 3.05) is 13.2 Å². The van der Waals surface area contributed by atoms with Gasteiger partial charge in [-0.3, -0.25) is 0 Å². The molecule has 0 amide bonds. The van der Waals surface area contributed by atoms with Crippen LogP contribution in [0.2, 0.25) is 0 Å². The number of carboxylic acid groups (broad SMARTS) is 1. The molecule has 43 heavy (non-hydrogen) atoms. The number of imidazole rings is 1. The molecule has 0 unspecified atom stereocenters. The Hall–Kier alpha value is -5.21. The minimum atomic E-state index is -1.08. The van der Waals surface area contributed by atoms with Gasteiger partial charge in [-0.2, -0.15) is 5.26 Å². The van der Waals surface area contributed by atoms with Crippen molar-refractivity contribution in [3.8, 4) is 23.2 Å². The van der Waals surface area contributed by atoms with Crippen molar-refractivity contribution in [3.63, 3.8) is 0 Å². The molecule has 2 aromatic heterocycles. The largest absolute Gasteiger partial charge is 0.478 e. The lowest BCUT2D eigenvalue weighted by Gasteiger charge is -2.16. The van der Waals surface area contributed by atoms with Gasteiger partial charge in [0, 0.05) is 30.2 Å². The van der Waals surface area contributed by atoms with Gasteiger partial charge in [0.05, 0.1) is 46.6 Å². The first-order chi connectivity index (χ1) is 20.8. The Kier molecular flexibility index (Phi) is 7.52. The number of nitriles is 1. The van der Waals surface area contributed by atoms with Gasteiger partial charge in [0.1, 0.15) is 29.9 Å². The lowest BCUT2D eigenvalue weighted by atomic mass is 10.0. The molecule has 3 aromatic carbocycles. The molecule has 11 heteroatoms. The second-order valence-electron chi connectivity index (χ2n) is 10.1. The highest BCUT2D eigenvalue weighted by Gasteiger charge is 2.25. The standard InChI is InChI=1S/C32H23F3N4O4/c33-24-10-18(15-36)4-5-20(24)16-43-31-3-1-2-27(38-31)23-14-25(34)21(11-26(23)35)13-30-37-28-7-6-19(32(40)41)12-29(28)39(30)22-8-9-42-17-22/h1-7,10-12,14,22H,8-9,13,16-17H2,(H,40,41)/t22-/m0/s1. The maximum Gasteiger partial charge on any atom is 0.335 e. The van der Waals surface area contributed by atoms with Crippen molar-refractivity contribution >= 4 is 17.0 Å². The molecule has 1 N–H and O–H groups in total. The number of halogens is 3. The molecule has 3 heterocycles. The highest BCUT2D eigenvalue weighted by atomic mass is 19.1. The van der Waals surface area contributed by atoms with Crippen LogP contribution in [0.15, 0.2) is 66.7 Å². The second kappa shape index (κ2) is 11.6. The van der Waals surface area contributed by atoms with Crippen LogP contribution in [0.4, 0.5) is 13.2 Å². The van der Waals surface area contributed by atoms with E-state index in [1.807, 2.05) is 10.6 Å². The molecule has 0 saturated carbocycles. The van der Waals surface area contributed by atoms with E-state index in [1.54, 1.807) is 12.1 Å². The average Bonchev–Trinajstić information content (AvgIpc) is 3.65. The first-order valence-electron chi connectivity index (χ1n) is 13.4. The van der Waals surface area contributed by atoms with Crippen LogP contribution in [0.5, 0.6) is 5.88 Å². The van der Waals surface area contributed by atoms with Gasteiger partial charge in [-0.1, -0.05) is 12.1 Å². The lowest BCUT2D eigenvalue weighted by Crippen LogP contribution is -2.13. The van der Waals surface area contributed by atoms with Crippen LogP contribution in [-0.2, 0) is 17.8 Å². The summed E-state index contributed by atoms with van der Waals surface area (Å²) in [4.78, 5) is 20.5. The smallest absolute Gasteiger partial charge is 0.335 e. The van der Waals surface area contributed by atoms with Crippen LogP contribution in [0.25, 0.3) is 22.3 Å². The van der Waals surface area contributed by atoms with Crippen LogP contribution < -0.4 is 4.74 Å². The van der Waals surface area contributed by atoms with E-state index in [9.17, 15) is 14.3 Å². The minimum absolute atomic E-state index is 0.0383. The lowest BCUT2D eigenvalue weighted by molar-refractivity contribution is 0.0697. The van der Waals surface area contributed by atoms with Crippen LogP contribution in [0.3, 0.4) is 0 Å². The fraction of sp³-hybridized carbons (Fsp3) is 0.188. The number of aromatic nitrogens is 3. The molecule has 1 saturated heterocycles. The molecular weight excluding hydrogens is 561 g/mol. The Balaban J connectivity index is 1.28. The molecule has 216 valence electrons. The number of ether oxygens (including phenoxy) is 2. The van der Waals surface area contributed by atoms with E-state index >= 15 is 8.78 Å². The summed E-state index contributed by atoms with van der Waals surface area (Å²) in [6, 6.07) is 17.1. The zero-order valence-electron chi connectivity index (χ0n) is 22.6. The topological polar surface area (TPSA) is 110 Å². The van der Waals surface area contributed by atoms with Crippen molar-refractivity contribution in [2.45, 2.75) is 25.5 Å². The maximum absolute atomic E-state index is 15.5. The molecule has 1 fully saturated rings. The Morgan fingerprint density at radius 3 is 2.60 bits per heavy atom. The number of aromatic carboxylic acids is 1. The van der Waals surface area contributed by atoms with E-state index in [1.165, 1.54) is 36.4 Å². The van der Waals surface area contributed by atoms with Gasteiger partial charge >= 0.3 is 5.97 Å². The number of fused-ring (bicyclic) bond motifs is 1. The first-order valence-corrected chi connectivity index (χ1v) is 13.4. The van der Waals surface area contributed by atoms with E-state index in [4.69, 9.17) is 14.7 Å². The zero-order chi connectivity index (χ0) is 30.1. The monoisotopic (exact) mass is 584 g/mol. The van der Waals surface area contributed by atoms with Crippen molar-refractivity contribution in [1.82, 2.24) is 14.5 Å². The molecule has 6 rings (SSSR count). The Morgan fingerprint density at radius 2 is 1.86 bits per heavy atom. The summed E-state index contributed by atoms with van der Waals surface area (Å²) in [5.41, 5.74) is 1.73. The van der Waals surface area contributed by atoms with Gasteiger partial charge in [0.2, 0.25) is 5.88 Å². The molecule has 0 radical (unpaired) electrons. The van der Waals surface area contributed by atoms with Crippen molar-refractivity contribution < 1.29 is 32.5 Å². The summed E-state index contributed by atoms with van der Waals surface area (Å²) < 4.78 is 58.1. The van der Waals surface area contributed by atoms with Crippen LogP contribution in [0, 0.1) is 28.8 Å². The maximum atomic E-state index is 15.5. The van der Waals surface area contributed by atoms with Crippen LogP contribution in [0.1, 0.15) is 45.3 Å². The first kappa shape index (κ1) is 27.9. The average molecular weight is 585 g/mol. The molecule has 1 aliphatic heterocycles. The summed E-state index contributed by atoms with van der Waals surface area (Å²) in [5, 5.41) is 18.4. The van der Waals surface area contributed by atoms with E-state index in [-0.39, 0.29) is 58.5 Å². The number of benzene rings is 3. The third-order valence-electron chi connectivity index (χ3n) is 7.32. The van der Waals surface area contributed by atoms with E-state index in [0.29, 0.717) is 36.5 Å². The van der Waals surface area contributed by atoms with Gasteiger partial charge in [-0.05, 0) is 60.5 Å². The molecule has 0 aliphatic carbocycles. The fourth-order valence-electron chi connectivity index (χ4n) is 5.15. The van der Waals surface area contributed by atoms with E-state index in [2.05, 4.69) is 9.97 Å². The van der Waals surface area contributed by atoms with Crippen LogP contribution >= 0.6 is 0 Å². The highest BCUT2D eigenvalue weighted by Crippen LogP contribution is 2.31. The normalized spacial score (nSPS) is 14.6. The number of carbonyl (C=O) groups is 1. The van der Waals surface area contributed by atoms with Crippen molar-refractivity contribution in [3.05, 3.63) is 112 Å². The Morgan fingerprint density at radius 1 is 1.02 bits per heavy atom. The van der Waals surface area contributed by atoms with E-state index in [0.717, 1.165) is 18.2 Å². The van der Waals surface area contributed by atoms with Gasteiger partial charge in [0.15, 0.2) is 0 Å². The number of pyridine rings is 1. The Labute approximate surface area is 243 Å². The number of rotatable bonds is 8. The second-order valence-corrected chi connectivity index (χ2v) is 10.1. The Bertz CT molecular complexity index is 1910. The van der Waals surface area contributed by atoms with Crippen molar-refractivity contribution in [1.29, 1.82) is 5.26 Å². The van der Waals surface area contributed by atoms with Gasteiger partial charge < -0.3 is 19.1 Å². The van der Waals surface area contributed by atoms with Gasteiger partial charge in [-0.25, -0.2) is 27.9 Å². The predicted molar refractivity (Wildman–Crippen MR) is 149 cm³/mol. The van der Waals surface area contributed by atoms with Gasteiger partial charge in [0.25, 0.3) is 0 Å². The third-order valence-corrected chi connectivity index (χ3v) is 7.32. The molecule has 0 spiro atoms. The SMILES string of the molecule is N#Cc1ccc(COc2cccc(-c3cc(F)c(Cc4nc5ccc(C(=O)O)cc5n4[C@H]4CCOC4)cc3F)n2)c(F)c1. The summed E-state index contributed by atoms with van der Waals surface area (Å²) in [7, 11) is 0. The summed E-state index contributed by atoms with van der Waals surface area (Å²) in [6.07, 6.45) is 0.636. The number of hydrogen-bond donors (Lipinski definition) is 1. The minimum Gasteiger partial charge on any atom is -0.478 e. The number of nitrogens with zero attached hydrogens (tertiary/aromatic N) is 4. The number of carboxylic acids is 1. The van der Waals surface area contributed by atoms with E-state index < -0.39 is 23.4 Å². The highest BCUT2D eigenvalue weighted by molar-refractivity contribution is 5.92.